The van der Waals surface area contributed by atoms with Gasteiger partial charge in [-0.2, -0.15) is 0 Å². The first-order valence-electron chi connectivity index (χ1n) is 10.0. The Morgan fingerprint density at radius 2 is 1.44 bits per heavy atom. The van der Waals surface area contributed by atoms with Crippen LogP contribution in [0.25, 0.3) is 28.5 Å². The van der Waals surface area contributed by atoms with Crippen molar-refractivity contribution in [3.05, 3.63) is 109 Å². The second-order valence-electron chi connectivity index (χ2n) is 6.96. The highest BCUT2D eigenvalue weighted by molar-refractivity contribution is 5.86. The summed E-state index contributed by atoms with van der Waals surface area (Å²) < 4.78 is 12.5. The van der Waals surface area contributed by atoms with Gasteiger partial charge in [-0.15, -0.1) is 5.10 Å². The molecule has 0 aliphatic carbocycles. The minimum Gasteiger partial charge on any atom is -0.453 e. The topological polar surface area (TPSA) is 83.0 Å². The molecule has 0 radical (unpaired) electrons. The number of rotatable bonds is 6. The standard InChI is InChI=1S/C25H18N4O3/c30-25(32-17-20-16-31-24(26-20)19-12-6-2-7-13-19)22-27-23(18-10-4-1-5-11-18)29(28-22)21-14-8-3-9-15-21/h1-16H,17H2. The smallest absolute Gasteiger partial charge is 0.378 e. The van der Waals surface area contributed by atoms with Gasteiger partial charge in [-0.1, -0.05) is 66.7 Å². The largest absolute Gasteiger partial charge is 0.453 e. The van der Waals surface area contributed by atoms with Crippen LogP contribution in [0.3, 0.4) is 0 Å². The van der Waals surface area contributed by atoms with Gasteiger partial charge in [0.25, 0.3) is 5.82 Å². The quantitative estimate of drug-likeness (QED) is 0.360. The van der Waals surface area contributed by atoms with Crippen LogP contribution in [-0.2, 0) is 11.3 Å². The first kappa shape index (κ1) is 19.4. The number of carbonyl (C=O) groups is 1. The molecule has 0 saturated heterocycles. The lowest BCUT2D eigenvalue weighted by molar-refractivity contribution is 0.0453. The van der Waals surface area contributed by atoms with Crippen LogP contribution < -0.4 is 0 Å². The van der Waals surface area contributed by atoms with Crippen molar-refractivity contribution in [1.82, 2.24) is 19.7 Å². The molecule has 0 aliphatic heterocycles. The predicted octanol–water partition coefficient (Wildman–Crippen LogP) is 4.95. The van der Waals surface area contributed by atoms with E-state index in [1.54, 1.807) is 4.68 Å². The normalized spacial score (nSPS) is 10.8. The van der Waals surface area contributed by atoms with Crippen molar-refractivity contribution < 1.29 is 13.9 Å². The molecule has 0 unspecified atom stereocenters. The summed E-state index contributed by atoms with van der Waals surface area (Å²) in [6.45, 7) is -0.0459. The van der Waals surface area contributed by atoms with E-state index in [1.807, 2.05) is 91.0 Å². The maximum atomic E-state index is 12.7. The van der Waals surface area contributed by atoms with Crippen molar-refractivity contribution in [2.75, 3.05) is 0 Å². The third-order valence-electron chi connectivity index (χ3n) is 4.75. The number of nitrogens with zero attached hydrogens (tertiary/aromatic N) is 4. The van der Waals surface area contributed by atoms with Crippen molar-refractivity contribution in [2.24, 2.45) is 0 Å². The van der Waals surface area contributed by atoms with E-state index in [1.165, 1.54) is 6.26 Å². The van der Waals surface area contributed by atoms with Crippen LogP contribution in [0.4, 0.5) is 0 Å². The molecular formula is C25H18N4O3. The highest BCUT2D eigenvalue weighted by Gasteiger charge is 2.20. The molecule has 0 saturated carbocycles. The second kappa shape index (κ2) is 8.69. The zero-order valence-electron chi connectivity index (χ0n) is 17.0. The van der Waals surface area contributed by atoms with Crippen LogP contribution in [0.15, 0.2) is 102 Å². The fourth-order valence-electron chi connectivity index (χ4n) is 3.21. The number of aromatic nitrogens is 4. The van der Waals surface area contributed by atoms with Gasteiger partial charge in [-0.25, -0.2) is 19.4 Å². The number of hydrogen-bond acceptors (Lipinski definition) is 6. The minimum atomic E-state index is -0.638. The highest BCUT2D eigenvalue weighted by Crippen LogP contribution is 2.22. The van der Waals surface area contributed by atoms with E-state index in [4.69, 9.17) is 9.15 Å². The van der Waals surface area contributed by atoms with Gasteiger partial charge < -0.3 is 9.15 Å². The number of ether oxygens (including phenoxy) is 1. The van der Waals surface area contributed by atoms with Crippen molar-refractivity contribution in [1.29, 1.82) is 0 Å². The van der Waals surface area contributed by atoms with Gasteiger partial charge in [0.1, 0.15) is 18.6 Å². The molecule has 0 spiro atoms. The summed E-state index contributed by atoms with van der Waals surface area (Å²) in [6, 6.07) is 28.6. The SMILES string of the molecule is O=C(OCc1coc(-c2ccccc2)n1)c1nc(-c2ccccc2)n(-c2ccccc2)n1. The average Bonchev–Trinajstić information content (AvgIpc) is 3.52. The maximum Gasteiger partial charge on any atom is 0.378 e. The van der Waals surface area contributed by atoms with Gasteiger partial charge in [-0.3, -0.25) is 0 Å². The number of esters is 1. The molecule has 7 heteroatoms. The predicted molar refractivity (Wildman–Crippen MR) is 118 cm³/mol. The Bertz CT molecular complexity index is 1270. The van der Waals surface area contributed by atoms with Gasteiger partial charge >= 0.3 is 5.97 Å². The molecule has 0 N–H and O–H groups in total. The number of para-hydroxylation sites is 1. The lowest BCUT2D eigenvalue weighted by Gasteiger charge is -2.05. The van der Waals surface area contributed by atoms with Crippen LogP contribution in [-0.4, -0.2) is 25.7 Å². The van der Waals surface area contributed by atoms with Gasteiger partial charge in [0.05, 0.1) is 5.69 Å². The molecule has 32 heavy (non-hydrogen) atoms. The second-order valence-corrected chi connectivity index (χ2v) is 6.96. The molecule has 0 fully saturated rings. The molecule has 3 aromatic carbocycles. The van der Waals surface area contributed by atoms with E-state index < -0.39 is 5.97 Å². The maximum absolute atomic E-state index is 12.7. The van der Waals surface area contributed by atoms with E-state index >= 15 is 0 Å². The Balaban J connectivity index is 1.37. The lowest BCUT2D eigenvalue weighted by atomic mass is 10.2. The molecule has 0 atom stereocenters. The zero-order chi connectivity index (χ0) is 21.8. The number of carbonyl (C=O) groups excluding carboxylic acids is 1. The van der Waals surface area contributed by atoms with E-state index in [2.05, 4.69) is 15.1 Å². The Morgan fingerprint density at radius 1 is 0.812 bits per heavy atom. The van der Waals surface area contributed by atoms with Crippen LogP contribution in [0, 0.1) is 0 Å². The van der Waals surface area contributed by atoms with E-state index in [-0.39, 0.29) is 12.4 Å². The minimum absolute atomic E-state index is 0.0283. The lowest BCUT2D eigenvalue weighted by Crippen LogP contribution is -2.08. The molecule has 0 amide bonds. The summed E-state index contributed by atoms with van der Waals surface area (Å²) in [7, 11) is 0. The molecule has 156 valence electrons. The molecule has 0 bridgehead atoms. The van der Waals surface area contributed by atoms with Gasteiger partial charge in [0, 0.05) is 11.1 Å². The van der Waals surface area contributed by atoms with E-state index in [9.17, 15) is 4.79 Å². The summed E-state index contributed by atoms with van der Waals surface area (Å²) in [4.78, 5) is 21.5. The van der Waals surface area contributed by atoms with Crippen molar-refractivity contribution in [3.8, 4) is 28.5 Å². The Labute approximate surface area is 184 Å². The van der Waals surface area contributed by atoms with E-state index in [0.717, 1.165) is 16.8 Å². The zero-order valence-corrected chi connectivity index (χ0v) is 17.0. The van der Waals surface area contributed by atoms with Crippen LogP contribution in [0.5, 0.6) is 0 Å². The number of benzene rings is 3. The summed E-state index contributed by atoms with van der Waals surface area (Å²) in [6.07, 6.45) is 1.47. The molecule has 5 rings (SSSR count). The van der Waals surface area contributed by atoms with Crippen molar-refractivity contribution in [2.45, 2.75) is 6.61 Å². The van der Waals surface area contributed by atoms with Crippen LogP contribution >= 0.6 is 0 Å². The Kier molecular flexibility index (Phi) is 5.28. The van der Waals surface area contributed by atoms with Crippen LogP contribution in [0.2, 0.25) is 0 Å². The summed E-state index contributed by atoms with van der Waals surface area (Å²) in [5, 5.41) is 4.41. The summed E-state index contributed by atoms with van der Waals surface area (Å²) >= 11 is 0. The Hall–Kier alpha value is -4.52. The van der Waals surface area contributed by atoms with E-state index in [0.29, 0.717) is 17.4 Å². The molecule has 0 aliphatic rings. The third-order valence-corrected chi connectivity index (χ3v) is 4.75. The van der Waals surface area contributed by atoms with Gasteiger partial charge in [0.2, 0.25) is 5.89 Å². The fourth-order valence-corrected chi connectivity index (χ4v) is 3.21. The summed E-state index contributed by atoms with van der Waals surface area (Å²) in [5.74, 6) is 0.353. The summed E-state index contributed by atoms with van der Waals surface area (Å²) in [5.41, 5.74) is 2.98. The molecule has 2 aromatic heterocycles. The third kappa shape index (κ3) is 4.04. The Morgan fingerprint density at radius 3 is 2.12 bits per heavy atom. The van der Waals surface area contributed by atoms with Crippen molar-refractivity contribution in [3.63, 3.8) is 0 Å². The van der Waals surface area contributed by atoms with Gasteiger partial charge in [0.15, 0.2) is 5.82 Å². The number of oxazole rings is 1. The first-order chi connectivity index (χ1) is 15.8. The van der Waals surface area contributed by atoms with Gasteiger partial charge in [-0.05, 0) is 24.3 Å². The fraction of sp³-hybridized carbons (Fsp3) is 0.0400. The molecule has 5 aromatic rings. The molecule has 2 heterocycles. The molecule has 7 nitrogen and oxygen atoms in total. The number of hydrogen-bond donors (Lipinski definition) is 0. The van der Waals surface area contributed by atoms with Crippen LogP contribution in [0.1, 0.15) is 16.3 Å². The molecular weight excluding hydrogens is 404 g/mol. The first-order valence-corrected chi connectivity index (χ1v) is 10.0. The highest BCUT2D eigenvalue weighted by atomic mass is 16.5. The monoisotopic (exact) mass is 422 g/mol. The average molecular weight is 422 g/mol. The van der Waals surface area contributed by atoms with Crippen molar-refractivity contribution >= 4 is 5.97 Å².